The van der Waals surface area contributed by atoms with Crippen LogP contribution in [0.25, 0.3) is 11.0 Å². The first-order chi connectivity index (χ1) is 10.6. The van der Waals surface area contributed by atoms with Crippen LogP contribution in [0.15, 0.2) is 6.33 Å². The normalized spacial score (nSPS) is 27.8. The van der Waals surface area contributed by atoms with Crippen LogP contribution in [-0.2, 0) is 4.74 Å². The predicted octanol–water partition coefficient (Wildman–Crippen LogP) is -1.61. The molecule has 116 valence electrons. The van der Waals surface area contributed by atoms with Crippen molar-refractivity contribution in [2.75, 3.05) is 12.3 Å². The number of aliphatic hydroxyl groups is 3. The van der Waals surface area contributed by atoms with E-state index in [-0.39, 0.29) is 5.82 Å². The summed E-state index contributed by atoms with van der Waals surface area (Å²) in [5.74, 6) is 5.72. The molecular weight excluding hydrogens is 290 g/mol. The lowest BCUT2D eigenvalue weighted by Gasteiger charge is -2.15. The van der Waals surface area contributed by atoms with E-state index in [1.165, 1.54) is 11.0 Å². The third-order valence-electron chi connectivity index (χ3n) is 3.52. The van der Waals surface area contributed by atoms with E-state index in [4.69, 9.17) is 10.5 Å². The van der Waals surface area contributed by atoms with Gasteiger partial charge >= 0.3 is 0 Å². The zero-order chi connectivity index (χ0) is 15.9. The van der Waals surface area contributed by atoms with Crippen molar-refractivity contribution >= 4 is 16.9 Å². The van der Waals surface area contributed by atoms with Crippen LogP contribution in [0.4, 0.5) is 5.82 Å². The maximum absolute atomic E-state index is 10.1. The maximum atomic E-state index is 10.1. The molecule has 0 saturated carbocycles. The van der Waals surface area contributed by atoms with Crippen molar-refractivity contribution in [3.05, 3.63) is 12.0 Å². The molecule has 0 aliphatic carbocycles. The quantitative estimate of drug-likeness (QED) is 0.486. The largest absolute Gasteiger partial charge is 0.394 e. The van der Waals surface area contributed by atoms with Gasteiger partial charge in [0.2, 0.25) is 0 Å². The summed E-state index contributed by atoms with van der Waals surface area (Å²) in [4.78, 5) is 8.01. The minimum absolute atomic E-state index is 0.209. The van der Waals surface area contributed by atoms with Crippen LogP contribution in [-0.4, -0.2) is 60.0 Å². The molecule has 3 heterocycles. The number of ether oxygens (including phenoxy) is 1. The molecule has 0 spiro atoms. The topological polar surface area (TPSA) is 140 Å². The van der Waals surface area contributed by atoms with Gasteiger partial charge in [-0.15, -0.1) is 0 Å². The molecule has 0 bridgehead atoms. The average Bonchev–Trinajstić information content (AvgIpc) is 3.00. The number of hydrogen-bond donors (Lipinski definition) is 4. The molecule has 4 atom stereocenters. The van der Waals surface area contributed by atoms with Gasteiger partial charge < -0.3 is 25.8 Å². The summed E-state index contributed by atoms with van der Waals surface area (Å²) in [5, 5.41) is 33.9. The molecule has 2 aromatic rings. The molecule has 1 aliphatic rings. The molecule has 0 amide bonds. The highest BCUT2D eigenvalue weighted by Gasteiger charge is 2.44. The van der Waals surface area contributed by atoms with Crippen molar-refractivity contribution in [3.8, 4) is 11.8 Å². The van der Waals surface area contributed by atoms with Gasteiger partial charge in [-0.1, -0.05) is 5.92 Å². The van der Waals surface area contributed by atoms with Crippen molar-refractivity contribution in [2.24, 2.45) is 0 Å². The third-order valence-corrected chi connectivity index (χ3v) is 3.52. The molecule has 5 N–H and O–H groups in total. The summed E-state index contributed by atoms with van der Waals surface area (Å²) in [7, 11) is 0. The van der Waals surface area contributed by atoms with Crippen molar-refractivity contribution < 1.29 is 20.1 Å². The standard InChI is InChI=1S/C13H15N5O4/c1-2-3-6-8-11(14)15-5-16-12(8)18(17-6)13-10(21)9(20)7(4-19)22-13/h5,7,9-10,13,19-21H,4H2,1H3,(H2,14,15,16)/t7-,9-,10-,13-/m1/s1. The first kappa shape index (κ1) is 14.7. The van der Waals surface area contributed by atoms with E-state index in [0.29, 0.717) is 16.7 Å². The summed E-state index contributed by atoms with van der Waals surface area (Å²) in [5.41, 5.74) is 6.54. The van der Waals surface area contributed by atoms with Gasteiger partial charge in [0.1, 0.15) is 36.2 Å². The zero-order valence-corrected chi connectivity index (χ0v) is 11.7. The van der Waals surface area contributed by atoms with Crippen LogP contribution in [0.1, 0.15) is 18.8 Å². The number of aliphatic hydroxyl groups excluding tert-OH is 3. The van der Waals surface area contributed by atoms with E-state index in [1.807, 2.05) is 0 Å². The number of nitrogens with zero attached hydrogens (tertiary/aromatic N) is 4. The molecule has 22 heavy (non-hydrogen) atoms. The predicted molar refractivity (Wildman–Crippen MR) is 75.3 cm³/mol. The molecule has 2 aromatic heterocycles. The van der Waals surface area contributed by atoms with Crippen molar-refractivity contribution in [3.63, 3.8) is 0 Å². The Morgan fingerprint density at radius 3 is 2.77 bits per heavy atom. The molecule has 0 radical (unpaired) electrons. The fourth-order valence-corrected chi connectivity index (χ4v) is 2.46. The molecule has 0 aromatic carbocycles. The summed E-state index contributed by atoms with van der Waals surface area (Å²) in [6.07, 6.45) is -3.14. The maximum Gasteiger partial charge on any atom is 0.181 e. The Labute approximate surface area is 125 Å². The Morgan fingerprint density at radius 1 is 1.36 bits per heavy atom. The van der Waals surface area contributed by atoms with Gasteiger partial charge in [-0.05, 0) is 12.8 Å². The number of nitrogens with two attached hydrogens (primary N) is 1. The van der Waals surface area contributed by atoms with Gasteiger partial charge in [-0.25, -0.2) is 14.6 Å². The van der Waals surface area contributed by atoms with Crippen molar-refractivity contribution in [1.82, 2.24) is 19.7 Å². The van der Waals surface area contributed by atoms with Crippen LogP contribution in [0.2, 0.25) is 0 Å². The minimum Gasteiger partial charge on any atom is -0.394 e. The molecule has 3 rings (SSSR count). The van der Waals surface area contributed by atoms with E-state index in [0.717, 1.165) is 0 Å². The second-order valence-electron chi connectivity index (χ2n) is 4.85. The summed E-state index contributed by atoms with van der Waals surface area (Å²) in [6.45, 7) is 1.23. The van der Waals surface area contributed by atoms with E-state index in [2.05, 4.69) is 26.9 Å². The van der Waals surface area contributed by atoms with E-state index in [9.17, 15) is 15.3 Å². The van der Waals surface area contributed by atoms with Gasteiger partial charge in [0.15, 0.2) is 11.9 Å². The molecule has 9 heteroatoms. The van der Waals surface area contributed by atoms with Gasteiger partial charge in [-0.3, -0.25) is 0 Å². The number of nitrogen functional groups attached to an aromatic ring is 1. The summed E-state index contributed by atoms with van der Waals surface area (Å²) in [6, 6.07) is 0. The van der Waals surface area contributed by atoms with Crippen LogP contribution >= 0.6 is 0 Å². The molecule has 1 saturated heterocycles. The second-order valence-corrected chi connectivity index (χ2v) is 4.85. The number of rotatable bonds is 2. The lowest BCUT2D eigenvalue weighted by molar-refractivity contribution is -0.0567. The molecule has 0 unspecified atom stereocenters. The van der Waals surface area contributed by atoms with Crippen molar-refractivity contribution in [2.45, 2.75) is 31.5 Å². The Morgan fingerprint density at radius 2 is 2.14 bits per heavy atom. The lowest BCUT2D eigenvalue weighted by Crippen LogP contribution is -2.33. The first-order valence-electron chi connectivity index (χ1n) is 6.62. The average molecular weight is 305 g/mol. The van der Waals surface area contributed by atoms with Gasteiger partial charge in [0, 0.05) is 0 Å². The minimum atomic E-state index is -1.26. The fourth-order valence-electron chi connectivity index (χ4n) is 2.46. The Balaban J connectivity index is 2.15. The smallest absolute Gasteiger partial charge is 0.181 e. The SMILES string of the molecule is CC#Cc1nn([C@@H]2O[C@H](CO)[C@@H](O)[C@H]2O)c2ncnc(N)c12. The summed E-state index contributed by atoms with van der Waals surface area (Å²) >= 11 is 0. The lowest BCUT2D eigenvalue weighted by atomic mass is 10.1. The highest BCUT2D eigenvalue weighted by molar-refractivity contribution is 5.90. The van der Waals surface area contributed by atoms with E-state index in [1.54, 1.807) is 6.92 Å². The fraction of sp³-hybridized carbons (Fsp3) is 0.462. The van der Waals surface area contributed by atoms with Crippen LogP contribution < -0.4 is 5.73 Å². The van der Waals surface area contributed by atoms with Gasteiger partial charge in [0.25, 0.3) is 0 Å². The monoisotopic (exact) mass is 305 g/mol. The number of aromatic nitrogens is 4. The number of anilines is 1. The molecule has 1 fully saturated rings. The van der Waals surface area contributed by atoms with Gasteiger partial charge in [0.05, 0.1) is 12.0 Å². The highest BCUT2D eigenvalue weighted by Crippen LogP contribution is 2.32. The van der Waals surface area contributed by atoms with Gasteiger partial charge in [-0.2, -0.15) is 5.10 Å². The number of hydrogen-bond acceptors (Lipinski definition) is 8. The number of fused-ring (bicyclic) bond motifs is 1. The Kier molecular flexibility index (Phi) is 3.67. The molecule has 9 nitrogen and oxygen atoms in total. The van der Waals surface area contributed by atoms with E-state index >= 15 is 0 Å². The second kappa shape index (κ2) is 5.51. The summed E-state index contributed by atoms with van der Waals surface area (Å²) < 4.78 is 6.76. The van der Waals surface area contributed by atoms with Crippen LogP contribution in [0, 0.1) is 11.8 Å². The van der Waals surface area contributed by atoms with E-state index < -0.39 is 31.1 Å². The molecule has 1 aliphatic heterocycles. The van der Waals surface area contributed by atoms with Crippen LogP contribution in [0.5, 0.6) is 0 Å². The Bertz CT molecular complexity index is 765. The molecular formula is C13H15N5O4. The Hall–Kier alpha value is -2.25. The highest BCUT2D eigenvalue weighted by atomic mass is 16.6. The third kappa shape index (κ3) is 2.10. The van der Waals surface area contributed by atoms with Crippen molar-refractivity contribution in [1.29, 1.82) is 0 Å². The first-order valence-corrected chi connectivity index (χ1v) is 6.62. The van der Waals surface area contributed by atoms with Crippen LogP contribution in [0.3, 0.4) is 0 Å². The zero-order valence-electron chi connectivity index (χ0n) is 11.7.